The van der Waals surface area contributed by atoms with E-state index in [4.69, 9.17) is 4.84 Å². The van der Waals surface area contributed by atoms with Crippen molar-refractivity contribution in [2.75, 3.05) is 12.4 Å². The zero-order chi connectivity index (χ0) is 15.9. The van der Waals surface area contributed by atoms with Gasteiger partial charge >= 0.3 is 5.82 Å². The van der Waals surface area contributed by atoms with Crippen LogP contribution in [0.4, 0.5) is 22.9 Å². The van der Waals surface area contributed by atoms with E-state index < -0.39 is 0 Å². The molecule has 5 nitrogen and oxygen atoms in total. The fraction of sp³-hybridized carbons (Fsp3) is 0.0556. The molecule has 1 heterocycles. The Hall–Kier alpha value is -3.21. The normalized spacial score (nSPS) is 10.7. The van der Waals surface area contributed by atoms with E-state index in [1.54, 1.807) is 18.0 Å². The SMILES string of the molecule is CO[n+]1ccccc1N=Nc1ccc(Nc2ccccc2)cc1. The molecule has 0 saturated carbocycles. The Kier molecular flexibility index (Phi) is 4.59. The van der Waals surface area contributed by atoms with Crippen molar-refractivity contribution in [3.63, 3.8) is 0 Å². The minimum absolute atomic E-state index is 0.626. The molecule has 5 heteroatoms. The van der Waals surface area contributed by atoms with Crippen molar-refractivity contribution < 1.29 is 9.57 Å². The Balaban J connectivity index is 1.71. The quantitative estimate of drug-likeness (QED) is 0.567. The zero-order valence-electron chi connectivity index (χ0n) is 12.8. The lowest BCUT2D eigenvalue weighted by atomic mass is 10.2. The van der Waals surface area contributed by atoms with Crippen LogP contribution in [0.25, 0.3) is 0 Å². The maximum atomic E-state index is 5.17. The number of benzene rings is 2. The maximum Gasteiger partial charge on any atom is 0.388 e. The first-order valence-electron chi connectivity index (χ1n) is 7.24. The van der Waals surface area contributed by atoms with Gasteiger partial charge in [0, 0.05) is 17.4 Å². The van der Waals surface area contributed by atoms with E-state index in [0.29, 0.717) is 5.82 Å². The molecule has 2 aromatic carbocycles. The molecule has 3 rings (SSSR count). The number of hydrogen-bond acceptors (Lipinski definition) is 4. The Morgan fingerprint density at radius 2 is 1.48 bits per heavy atom. The fourth-order valence-corrected chi connectivity index (χ4v) is 2.06. The average molecular weight is 305 g/mol. The summed E-state index contributed by atoms with van der Waals surface area (Å²) in [6, 6.07) is 23.4. The van der Waals surface area contributed by atoms with Crippen LogP contribution in [0.2, 0.25) is 0 Å². The molecule has 114 valence electrons. The molecule has 3 aromatic rings. The van der Waals surface area contributed by atoms with Gasteiger partial charge in [-0.15, -0.1) is 0 Å². The van der Waals surface area contributed by atoms with Crippen LogP contribution in [0.1, 0.15) is 0 Å². The molecule has 1 aromatic heterocycles. The van der Waals surface area contributed by atoms with Gasteiger partial charge in [0.2, 0.25) is 0 Å². The molecule has 0 amide bonds. The van der Waals surface area contributed by atoms with Crippen LogP contribution in [-0.2, 0) is 0 Å². The molecule has 0 atom stereocenters. The number of hydrogen-bond donors (Lipinski definition) is 1. The van der Waals surface area contributed by atoms with E-state index in [1.165, 1.54) is 0 Å². The second kappa shape index (κ2) is 7.17. The lowest BCUT2D eigenvalue weighted by Crippen LogP contribution is -2.39. The van der Waals surface area contributed by atoms with Crippen LogP contribution in [0.3, 0.4) is 0 Å². The molecular weight excluding hydrogens is 288 g/mol. The highest BCUT2D eigenvalue weighted by Crippen LogP contribution is 2.21. The first-order chi connectivity index (χ1) is 11.3. The molecule has 0 spiro atoms. The minimum atomic E-state index is 0.626. The summed E-state index contributed by atoms with van der Waals surface area (Å²) in [5.74, 6) is 0.626. The van der Waals surface area contributed by atoms with Crippen molar-refractivity contribution in [1.82, 2.24) is 0 Å². The number of nitrogens with zero attached hydrogens (tertiary/aromatic N) is 3. The number of rotatable bonds is 5. The van der Waals surface area contributed by atoms with Gasteiger partial charge in [-0.3, -0.25) is 0 Å². The van der Waals surface area contributed by atoms with Crippen LogP contribution >= 0.6 is 0 Å². The summed E-state index contributed by atoms with van der Waals surface area (Å²) in [5.41, 5.74) is 2.82. The molecule has 0 unspecified atom stereocenters. The molecule has 0 fully saturated rings. The number of aromatic nitrogens is 1. The van der Waals surface area contributed by atoms with Crippen molar-refractivity contribution in [2.24, 2.45) is 10.2 Å². The van der Waals surface area contributed by atoms with Gasteiger partial charge in [-0.2, -0.15) is 0 Å². The average Bonchev–Trinajstić information content (AvgIpc) is 2.62. The van der Waals surface area contributed by atoms with E-state index in [2.05, 4.69) is 15.5 Å². The topological polar surface area (TPSA) is 49.9 Å². The molecule has 0 aliphatic heterocycles. The predicted molar refractivity (Wildman–Crippen MR) is 89.5 cm³/mol. The summed E-state index contributed by atoms with van der Waals surface area (Å²) in [6.45, 7) is 0. The summed E-state index contributed by atoms with van der Waals surface area (Å²) in [6.07, 6.45) is 1.78. The summed E-state index contributed by atoms with van der Waals surface area (Å²) in [7, 11) is 1.59. The van der Waals surface area contributed by atoms with Crippen LogP contribution in [0.15, 0.2) is 89.2 Å². The Morgan fingerprint density at radius 1 is 0.783 bits per heavy atom. The van der Waals surface area contributed by atoms with Crippen molar-refractivity contribution in [2.45, 2.75) is 0 Å². The summed E-state index contributed by atoms with van der Waals surface area (Å²) in [5, 5.41) is 11.8. The second-order valence-electron chi connectivity index (χ2n) is 4.81. The van der Waals surface area contributed by atoms with E-state index in [1.807, 2.05) is 72.8 Å². The van der Waals surface area contributed by atoms with Gasteiger partial charge in [-0.1, -0.05) is 18.2 Å². The third kappa shape index (κ3) is 3.91. The zero-order valence-corrected chi connectivity index (χ0v) is 12.8. The van der Waals surface area contributed by atoms with Crippen LogP contribution in [0.5, 0.6) is 0 Å². The van der Waals surface area contributed by atoms with Crippen LogP contribution in [-0.4, -0.2) is 7.11 Å². The Bertz CT molecular complexity index is 786. The van der Waals surface area contributed by atoms with E-state index in [-0.39, 0.29) is 0 Å². The molecule has 1 N–H and O–H groups in total. The lowest BCUT2D eigenvalue weighted by Gasteiger charge is -2.05. The Labute approximate surface area is 134 Å². The highest BCUT2D eigenvalue weighted by Gasteiger charge is 2.08. The van der Waals surface area contributed by atoms with Gasteiger partial charge in [0.1, 0.15) is 19.0 Å². The molecule has 0 saturated heterocycles. The second-order valence-corrected chi connectivity index (χ2v) is 4.81. The van der Waals surface area contributed by atoms with Crippen molar-refractivity contribution >= 4 is 22.9 Å². The monoisotopic (exact) mass is 305 g/mol. The lowest BCUT2D eigenvalue weighted by molar-refractivity contribution is -0.875. The largest absolute Gasteiger partial charge is 0.388 e. The van der Waals surface area contributed by atoms with E-state index in [0.717, 1.165) is 17.1 Å². The number of pyridine rings is 1. The van der Waals surface area contributed by atoms with Gasteiger partial charge in [0.15, 0.2) is 0 Å². The molecule has 0 radical (unpaired) electrons. The van der Waals surface area contributed by atoms with E-state index >= 15 is 0 Å². The maximum absolute atomic E-state index is 5.17. The molecule has 0 aliphatic carbocycles. The number of azo groups is 1. The predicted octanol–water partition coefficient (Wildman–Crippen LogP) is 4.19. The highest BCUT2D eigenvalue weighted by atomic mass is 16.6. The van der Waals surface area contributed by atoms with Crippen molar-refractivity contribution in [1.29, 1.82) is 0 Å². The minimum Gasteiger partial charge on any atom is -0.356 e. The van der Waals surface area contributed by atoms with Gasteiger partial charge in [-0.25, -0.2) is 0 Å². The van der Waals surface area contributed by atoms with Crippen LogP contribution < -0.4 is 14.9 Å². The molecule has 0 bridgehead atoms. The first-order valence-corrected chi connectivity index (χ1v) is 7.24. The smallest absolute Gasteiger partial charge is 0.356 e. The summed E-state index contributed by atoms with van der Waals surface area (Å²) < 4.78 is 1.55. The number of nitrogens with one attached hydrogen (secondary N) is 1. The van der Waals surface area contributed by atoms with Gasteiger partial charge in [0.05, 0.1) is 5.11 Å². The standard InChI is InChI=1S/C18H16N4O/c1-23-22-14-6-5-9-18(22)21-20-17-12-10-16(11-13-17)19-15-7-3-2-4-8-15/h2-14H,1H3/p+1. The third-order valence-electron chi connectivity index (χ3n) is 3.20. The first kappa shape index (κ1) is 14.7. The van der Waals surface area contributed by atoms with Crippen LogP contribution in [0, 0.1) is 0 Å². The Morgan fingerprint density at radius 3 is 2.22 bits per heavy atom. The van der Waals surface area contributed by atoms with Gasteiger partial charge in [-0.05, 0) is 58.4 Å². The number of para-hydroxylation sites is 1. The van der Waals surface area contributed by atoms with Crippen molar-refractivity contribution in [3.8, 4) is 0 Å². The number of anilines is 2. The van der Waals surface area contributed by atoms with E-state index in [9.17, 15) is 0 Å². The highest BCUT2D eigenvalue weighted by molar-refractivity contribution is 5.61. The van der Waals surface area contributed by atoms with Gasteiger partial charge in [0.25, 0.3) is 0 Å². The summed E-state index contributed by atoms with van der Waals surface area (Å²) in [4.78, 5) is 5.17. The van der Waals surface area contributed by atoms with Gasteiger partial charge < -0.3 is 10.2 Å². The third-order valence-corrected chi connectivity index (χ3v) is 3.20. The fourth-order valence-electron chi connectivity index (χ4n) is 2.06. The molecule has 23 heavy (non-hydrogen) atoms. The molecular formula is C18H17N4O+. The molecule has 0 aliphatic rings. The van der Waals surface area contributed by atoms with Crippen molar-refractivity contribution in [3.05, 3.63) is 79.0 Å². The summed E-state index contributed by atoms with van der Waals surface area (Å²) >= 11 is 0.